The van der Waals surface area contributed by atoms with Gasteiger partial charge in [-0.1, -0.05) is 19.1 Å². The number of rotatable bonds is 5. The van der Waals surface area contributed by atoms with Crippen molar-refractivity contribution in [2.45, 2.75) is 44.6 Å². The minimum Gasteiger partial charge on any atom is -0.497 e. The molecule has 1 aromatic rings. The molecule has 5 heteroatoms. The summed E-state index contributed by atoms with van der Waals surface area (Å²) in [6.07, 6.45) is 2.63. The number of hydrogen-bond acceptors (Lipinski definition) is 3. The number of hydrogen-bond donors (Lipinski definition) is 1. The zero-order chi connectivity index (χ0) is 16.1. The molecule has 1 saturated heterocycles. The van der Waals surface area contributed by atoms with Crippen LogP contribution in [0.4, 0.5) is 0 Å². The number of piperidine rings is 1. The minimum atomic E-state index is -0.898. The third-order valence-corrected chi connectivity index (χ3v) is 4.27. The van der Waals surface area contributed by atoms with E-state index in [9.17, 15) is 14.7 Å². The summed E-state index contributed by atoms with van der Waals surface area (Å²) in [5.74, 6) is -0.139. The Morgan fingerprint density at radius 2 is 2.00 bits per heavy atom. The lowest BCUT2D eigenvalue weighted by Gasteiger charge is -2.33. The summed E-state index contributed by atoms with van der Waals surface area (Å²) in [4.78, 5) is 25.3. The number of methoxy groups -OCH3 is 1. The Bertz CT molecular complexity index is 526. The average Bonchev–Trinajstić information content (AvgIpc) is 2.54. The molecule has 0 saturated carbocycles. The predicted molar refractivity (Wildman–Crippen MR) is 83.0 cm³/mol. The summed E-state index contributed by atoms with van der Waals surface area (Å²) in [5.41, 5.74) is 1.05. The van der Waals surface area contributed by atoms with Crippen molar-refractivity contribution >= 4 is 11.9 Å². The number of carboxylic acids is 1. The summed E-state index contributed by atoms with van der Waals surface area (Å²) >= 11 is 0. The van der Waals surface area contributed by atoms with Crippen molar-refractivity contribution in [2.24, 2.45) is 0 Å². The smallest absolute Gasteiger partial charge is 0.326 e. The van der Waals surface area contributed by atoms with Crippen molar-refractivity contribution in [1.82, 2.24) is 4.90 Å². The first kappa shape index (κ1) is 16.3. The molecular weight excluding hydrogens is 282 g/mol. The number of carbonyl (C=O) groups excluding carboxylic acids is 1. The summed E-state index contributed by atoms with van der Waals surface area (Å²) in [6, 6.07) is 6.97. The van der Waals surface area contributed by atoms with Crippen LogP contribution in [0.5, 0.6) is 5.75 Å². The van der Waals surface area contributed by atoms with Crippen LogP contribution in [-0.2, 0) is 9.59 Å². The first-order valence-electron chi connectivity index (χ1n) is 7.69. The molecule has 2 atom stereocenters. The van der Waals surface area contributed by atoms with E-state index in [1.54, 1.807) is 7.11 Å². The molecule has 0 bridgehead atoms. The zero-order valence-electron chi connectivity index (χ0n) is 13.1. The second-order valence-electron chi connectivity index (χ2n) is 5.82. The maximum Gasteiger partial charge on any atom is 0.326 e. The third-order valence-electron chi connectivity index (χ3n) is 4.27. The molecule has 22 heavy (non-hydrogen) atoms. The van der Waals surface area contributed by atoms with Crippen molar-refractivity contribution in [3.63, 3.8) is 0 Å². The average molecular weight is 305 g/mol. The van der Waals surface area contributed by atoms with Gasteiger partial charge in [0, 0.05) is 13.0 Å². The maximum atomic E-state index is 12.5. The van der Waals surface area contributed by atoms with Crippen LogP contribution in [0.25, 0.3) is 0 Å². The monoisotopic (exact) mass is 305 g/mol. The van der Waals surface area contributed by atoms with Crippen molar-refractivity contribution < 1.29 is 19.4 Å². The minimum absolute atomic E-state index is 0.0507. The normalized spacial score (nSPS) is 19.5. The van der Waals surface area contributed by atoms with E-state index in [0.29, 0.717) is 19.4 Å². The highest BCUT2D eigenvalue weighted by Crippen LogP contribution is 2.25. The number of aliphatic carboxylic acids is 1. The van der Waals surface area contributed by atoms with Gasteiger partial charge in [-0.05, 0) is 42.9 Å². The Kier molecular flexibility index (Phi) is 5.41. The lowest BCUT2D eigenvalue weighted by Crippen LogP contribution is -2.48. The highest BCUT2D eigenvalue weighted by atomic mass is 16.5. The standard InChI is InChI=1S/C17H23NO4/c1-12(13-6-8-14(22-2)9-7-13)11-16(19)18-10-4-3-5-15(18)17(20)21/h6-9,12,15H,3-5,10-11H2,1-2H3,(H,20,21). The summed E-state index contributed by atoms with van der Waals surface area (Å²) in [7, 11) is 1.62. The SMILES string of the molecule is COc1ccc(C(C)CC(=O)N2CCCCC2C(=O)O)cc1. The molecule has 0 aromatic heterocycles. The van der Waals surface area contributed by atoms with Gasteiger partial charge in [0.1, 0.15) is 11.8 Å². The first-order valence-corrected chi connectivity index (χ1v) is 7.69. The van der Waals surface area contributed by atoms with Gasteiger partial charge in [-0.25, -0.2) is 4.79 Å². The number of nitrogens with zero attached hydrogens (tertiary/aromatic N) is 1. The molecule has 0 spiro atoms. The highest BCUT2D eigenvalue weighted by molar-refractivity contribution is 5.84. The van der Waals surface area contributed by atoms with Gasteiger partial charge < -0.3 is 14.7 Å². The zero-order valence-corrected chi connectivity index (χ0v) is 13.1. The summed E-state index contributed by atoms with van der Waals surface area (Å²) in [6.45, 7) is 2.53. The van der Waals surface area contributed by atoms with Crippen LogP contribution >= 0.6 is 0 Å². The number of carboxylic acid groups (broad SMARTS) is 1. The largest absolute Gasteiger partial charge is 0.497 e. The quantitative estimate of drug-likeness (QED) is 0.908. The lowest BCUT2D eigenvalue weighted by atomic mass is 9.95. The van der Waals surface area contributed by atoms with Crippen LogP contribution in [0, 0.1) is 0 Å². The van der Waals surface area contributed by atoms with Crippen LogP contribution in [0.3, 0.4) is 0 Å². The molecule has 1 fully saturated rings. The number of likely N-dealkylation sites (tertiary alicyclic amines) is 1. The van der Waals surface area contributed by atoms with Crippen LogP contribution in [-0.4, -0.2) is 41.6 Å². The molecule has 5 nitrogen and oxygen atoms in total. The molecule has 2 rings (SSSR count). The van der Waals surface area contributed by atoms with Crippen molar-refractivity contribution in [2.75, 3.05) is 13.7 Å². The van der Waals surface area contributed by atoms with E-state index in [4.69, 9.17) is 4.74 Å². The lowest BCUT2D eigenvalue weighted by molar-refractivity contribution is -0.152. The van der Waals surface area contributed by atoms with Gasteiger partial charge in [-0.15, -0.1) is 0 Å². The van der Waals surface area contributed by atoms with Gasteiger partial charge in [0.2, 0.25) is 5.91 Å². The Hall–Kier alpha value is -2.04. The molecule has 1 aliphatic heterocycles. The molecule has 1 aliphatic rings. The van der Waals surface area contributed by atoms with E-state index >= 15 is 0 Å². The number of benzene rings is 1. The predicted octanol–water partition coefficient (Wildman–Crippen LogP) is 2.65. The molecule has 1 N–H and O–H groups in total. The second-order valence-corrected chi connectivity index (χ2v) is 5.82. The Labute approximate surface area is 130 Å². The van der Waals surface area contributed by atoms with Crippen molar-refractivity contribution in [3.05, 3.63) is 29.8 Å². The van der Waals surface area contributed by atoms with E-state index < -0.39 is 12.0 Å². The van der Waals surface area contributed by atoms with Gasteiger partial charge in [-0.2, -0.15) is 0 Å². The molecule has 120 valence electrons. The highest BCUT2D eigenvalue weighted by Gasteiger charge is 2.32. The topological polar surface area (TPSA) is 66.8 Å². The number of amides is 1. The Balaban J connectivity index is 2.01. The number of carbonyl (C=O) groups is 2. The van der Waals surface area contributed by atoms with E-state index in [-0.39, 0.29) is 11.8 Å². The van der Waals surface area contributed by atoms with Gasteiger partial charge in [0.15, 0.2) is 0 Å². The van der Waals surface area contributed by atoms with E-state index in [1.165, 1.54) is 4.90 Å². The van der Waals surface area contributed by atoms with Crippen molar-refractivity contribution in [3.8, 4) is 5.75 Å². The van der Waals surface area contributed by atoms with Gasteiger partial charge in [0.25, 0.3) is 0 Å². The fourth-order valence-corrected chi connectivity index (χ4v) is 2.92. The van der Waals surface area contributed by atoms with Crippen LogP contribution < -0.4 is 4.74 Å². The Morgan fingerprint density at radius 3 is 2.59 bits per heavy atom. The molecule has 1 amide bonds. The van der Waals surface area contributed by atoms with Crippen LogP contribution in [0.1, 0.15) is 44.1 Å². The molecular formula is C17H23NO4. The van der Waals surface area contributed by atoms with Crippen LogP contribution in [0.15, 0.2) is 24.3 Å². The van der Waals surface area contributed by atoms with E-state index in [1.807, 2.05) is 31.2 Å². The first-order chi connectivity index (χ1) is 10.5. The van der Waals surface area contributed by atoms with E-state index in [2.05, 4.69) is 0 Å². The summed E-state index contributed by atoms with van der Waals surface area (Å²) < 4.78 is 5.13. The van der Waals surface area contributed by atoms with E-state index in [0.717, 1.165) is 24.2 Å². The second kappa shape index (κ2) is 7.29. The molecule has 0 radical (unpaired) electrons. The fourth-order valence-electron chi connectivity index (χ4n) is 2.92. The van der Waals surface area contributed by atoms with Gasteiger partial charge in [0.05, 0.1) is 7.11 Å². The molecule has 1 heterocycles. The molecule has 0 aliphatic carbocycles. The van der Waals surface area contributed by atoms with Crippen LogP contribution in [0.2, 0.25) is 0 Å². The van der Waals surface area contributed by atoms with Gasteiger partial charge in [-0.3, -0.25) is 4.79 Å². The maximum absolute atomic E-state index is 12.5. The van der Waals surface area contributed by atoms with Gasteiger partial charge >= 0.3 is 5.97 Å². The summed E-state index contributed by atoms with van der Waals surface area (Å²) in [5, 5.41) is 9.26. The molecule has 2 unspecified atom stereocenters. The van der Waals surface area contributed by atoms with Crippen molar-refractivity contribution in [1.29, 1.82) is 0 Å². The molecule has 1 aromatic carbocycles. The fraction of sp³-hybridized carbons (Fsp3) is 0.529. The Morgan fingerprint density at radius 1 is 1.32 bits per heavy atom. The number of ether oxygens (including phenoxy) is 1. The third kappa shape index (κ3) is 3.78.